The second-order valence-electron chi connectivity index (χ2n) is 10.4. The molecule has 9 heteroatoms. The molecule has 1 aromatic rings. The fourth-order valence-corrected chi connectivity index (χ4v) is 9.34. The predicted octanol–water partition coefficient (Wildman–Crippen LogP) is 1.55. The molecule has 9 nitrogen and oxygen atoms in total. The van der Waals surface area contributed by atoms with Crippen LogP contribution >= 0.6 is 0 Å². The van der Waals surface area contributed by atoms with Crippen LogP contribution in [0.5, 0.6) is 5.75 Å². The lowest BCUT2D eigenvalue weighted by Gasteiger charge is -2.77. The molecule has 1 amide bonds. The van der Waals surface area contributed by atoms with Gasteiger partial charge in [-0.3, -0.25) is 9.80 Å². The van der Waals surface area contributed by atoms with E-state index in [1.54, 1.807) is 7.11 Å². The lowest BCUT2D eigenvalue weighted by atomic mass is 9.35. The summed E-state index contributed by atoms with van der Waals surface area (Å²) < 4.78 is 22.8. The van der Waals surface area contributed by atoms with E-state index >= 15 is 0 Å². The van der Waals surface area contributed by atoms with Gasteiger partial charge >= 0.3 is 12.1 Å². The van der Waals surface area contributed by atoms with Gasteiger partial charge in [0.05, 0.1) is 27.0 Å². The zero-order valence-corrected chi connectivity index (χ0v) is 19.0. The molecule has 9 rings (SSSR count). The van der Waals surface area contributed by atoms with Gasteiger partial charge in [-0.05, 0) is 43.7 Å². The molecule has 7 atom stereocenters. The number of hydrogen-bond donors (Lipinski definition) is 1. The molecule has 1 N–H and O–H groups in total. The number of ether oxygens (including phenoxy) is 4. The third kappa shape index (κ3) is 1.66. The number of fused-ring (bicyclic) bond motifs is 3. The minimum absolute atomic E-state index is 0.0432. The molecule has 0 aromatic heterocycles. The molecule has 7 fully saturated rings. The number of para-hydroxylation sites is 1. The standard InChI is InChI=1S/C24H28N2O7/c1-30-14-6-4-5-13-16(14)26(20(28)32-3)23-10-9-21-8-7-15(25-12-11-22(13,23)17(21)25)33-18(21)24(23,29)19(27)31-2/h4-6,15,17-18,29H,7-12H2,1-3H3/t15-,17+,18-,21+,22-,23+,24-/m1/s1. The Morgan fingerprint density at radius 1 is 1.12 bits per heavy atom. The summed E-state index contributed by atoms with van der Waals surface area (Å²) in [6.07, 6.45) is 2.09. The summed E-state index contributed by atoms with van der Waals surface area (Å²) in [5.74, 6) is -0.237. The van der Waals surface area contributed by atoms with Crippen LogP contribution in [0.15, 0.2) is 18.2 Å². The summed E-state index contributed by atoms with van der Waals surface area (Å²) in [4.78, 5) is 31.2. The molecule has 1 aromatic carbocycles. The van der Waals surface area contributed by atoms with Crippen LogP contribution in [-0.4, -0.2) is 79.5 Å². The predicted molar refractivity (Wildman–Crippen MR) is 114 cm³/mol. The minimum Gasteiger partial charge on any atom is -0.495 e. The zero-order valence-electron chi connectivity index (χ0n) is 19.0. The largest absolute Gasteiger partial charge is 0.495 e. The van der Waals surface area contributed by atoms with E-state index in [1.165, 1.54) is 19.1 Å². The van der Waals surface area contributed by atoms with Crippen LogP contribution in [0.3, 0.4) is 0 Å². The number of carbonyl (C=O) groups excluding carboxylic acids is 2. The fourth-order valence-electron chi connectivity index (χ4n) is 9.34. The van der Waals surface area contributed by atoms with Crippen LogP contribution < -0.4 is 9.64 Å². The SMILES string of the molecule is COC(=O)N1c2c(OC)cccc2[C@@]23CCN4[C@H]5CC[C@]6(CC[C@]12[C@](O)(C(=O)OC)[C@@H]6O5)[C@H]43. The van der Waals surface area contributed by atoms with E-state index in [1.807, 2.05) is 18.2 Å². The van der Waals surface area contributed by atoms with E-state index in [2.05, 4.69) is 4.90 Å². The van der Waals surface area contributed by atoms with E-state index in [0.29, 0.717) is 24.3 Å². The third-order valence-corrected chi connectivity index (χ3v) is 10.0. The van der Waals surface area contributed by atoms with Gasteiger partial charge in [0.15, 0.2) is 0 Å². The van der Waals surface area contributed by atoms with Crippen molar-refractivity contribution in [2.24, 2.45) is 5.41 Å². The Kier molecular flexibility index (Phi) is 3.54. The van der Waals surface area contributed by atoms with Gasteiger partial charge in [-0.2, -0.15) is 0 Å². The highest BCUT2D eigenvalue weighted by Crippen LogP contribution is 2.80. The molecule has 8 aliphatic rings. The van der Waals surface area contributed by atoms with Crippen molar-refractivity contribution in [1.82, 2.24) is 4.90 Å². The van der Waals surface area contributed by atoms with Crippen molar-refractivity contribution < 1.29 is 33.6 Å². The second-order valence-corrected chi connectivity index (χ2v) is 10.4. The number of hydrogen-bond acceptors (Lipinski definition) is 8. The maximum Gasteiger partial charge on any atom is 0.414 e. The van der Waals surface area contributed by atoms with Crippen LogP contribution in [0.4, 0.5) is 10.5 Å². The van der Waals surface area contributed by atoms with E-state index in [9.17, 15) is 14.7 Å². The van der Waals surface area contributed by atoms with Gasteiger partial charge in [0.25, 0.3) is 0 Å². The Hall–Kier alpha value is -2.36. The topological polar surface area (TPSA) is 97.8 Å². The summed E-state index contributed by atoms with van der Waals surface area (Å²) in [6, 6.07) is 5.80. The van der Waals surface area contributed by atoms with Gasteiger partial charge < -0.3 is 24.1 Å². The molecule has 5 heterocycles. The van der Waals surface area contributed by atoms with Crippen molar-refractivity contribution in [3.63, 3.8) is 0 Å². The molecule has 33 heavy (non-hydrogen) atoms. The van der Waals surface area contributed by atoms with Crippen LogP contribution in [0, 0.1) is 5.41 Å². The Bertz CT molecular complexity index is 1110. The van der Waals surface area contributed by atoms with Crippen molar-refractivity contribution >= 4 is 17.7 Å². The zero-order chi connectivity index (χ0) is 23.0. The lowest BCUT2D eigenvalue weighted by molar-refractivity contribution is -0.366. The number of methoxy groups -OCH3 is 3. The Morgan fingerprint density at radius 3 is 2.67 bits per heavy atom. The molecule has 4 saturated heterocycles. The smallest absolute Gasteiger partial charge is 0.414 e. The van der Waals surface area contributed by atoms with E-state index in [0.717, 1.165) is 31.4 Å². The molecule has 176 valence electrons. The molecule has 0 unspecified atom stereocenters. The molecular weight excluding hydrogens is 428 g/mol. The van der Waals surface area contributed by atoms with Crippen molar-refractivity contribution in [2.45, 2.75) is 67.0 Å². The molecule has 3 aliphatic carbocycles. The average molecular weight is 456 g/mol. The summed E-state index contributed by atoms with van der Waals surface area (Å²) in [5.41, 5.74) is -2.92. The highest BCUT2D eigenvalue weighted by Gasteiger charge is 2.92. The molecule has 3 spiro atoms. The van der Waals surface area contributed by atoms with Gasteiger partial charge in [0.1, 0.15) is 23.6 Å². The lowest BCUT2D eigenvalue weighted by Crippen LogP contribution is -2.93. The molecule has 0 radical (unpaired) electrons. The molecule has 3 saturated carbocycles. The average Bonchev–Trinajstić information content (AvgIpc) is 3.41. The fraction of sp³-hybridized carbons (Fsp3) is 0.667. The Labute approximate surface area is 191 Å². The maximum absolute atomic E-state index is 13.6. The number of nitrogens with zero attached hydrogens (tertiary/aromatic N) is 2. The quantitative estimate of drug-likeness (QED) is 0.670. The Morgan fingerprint density at radius 2 is 1.94 bits per heavy atom. The summed E-state index contributed by atoms with van der Waals surface area (Å²) >= 11 is 0. The highest BCUT2D eigenvalue weighted by atomic mass is 16.6. The van der Waals surface area contributed by atoms with Gasteiger partial charge in [0, 0.05) is 23.4 Å². The van der Waals surface area contributed by atoms with E-state index < -0.39 is 40.1 Å². The minimum atomic E-state index is -2.05. The first-order valence-corrected chi connectivity index (χ1v) is 11.7. The van der Waals surface area contributed by atoms with Crippen LogP contribution in [0.2, 0.25) is 0 Å². The number of benzene rings is 1. The van der Waals surface area contributed by atoms with Gasteiger partial charge in [-0.1, -0.05) is 12.1 Å². The number of aliphatic hydroxyl groups is 1. The number of esters is 1. The number of amides is 1. The maximum atomic E-state index is 13.6. The summed E-state index contributed by atoms with van der Waals surface area (Å²) in [5, 5.41) is 12.7. The summed E-state index contributed by atoms with van der Waals surface area (Å²) in [7, 11) is 4.17. The second kappa shape index (κ2) is 5.82. The van der Waals surface area contributed by atoms with Crippen molar-refractivity contribution in [3.8, 4) is 5.75 Å². The van der Waals surface area contributed by atoms with Crippen molar-refractivity contribution in [1.29, 1.82) is 0 Å². The van der Waals surface area contributed by atoms with Crippen LogP contribution in [0.25, 0.3) is 0 Å². The van der Waals surface area contributed by atoms with E-state index in [-0.39, 0.29) is 12.3 Å². The normalized spacial score (nSPS) is 45.6. The summed E-state index contributed by atoms with van der Waals surface area (Å²) in [6.45, 7) is 0.772. The van der Waals surface area contributed by atoms with Crippen molar-refractivity contribution in [2.75, 3.05) is 32.8 Å². The first-order valence-electron chi connectivity index (χ1n) is 11.7. The van der Waals surface area contributed by atoms with Crippen LogP contribution in [-0.2, 0) is 24.4 Å². The Balaban J connectivity index is 1.65. The van der Waals surface area contributed by atoms with Crippen LogP contribution in [0.1, 0.15) is 37.7 Å². The van der Waals surface area contributed by atoms with Gasteiger partial charge in [0.2, 0.25) is 5.60 Å². The van der Waals surface area contributed by atoms with E-state index in [4.69, 9.17) is 18.9 Å². The number of piperidine rings is 1. The van der Waals surface area contributed by atoms with Crippen molar-refractivity contribution in [3.05, 3.63) is 23.8 Å². The molecular formula is C24H28N2O7. The highest BCUT2D eigenvalue weighted by molar-refractivity contribution is 6.01. The van der Waals surface area contributed by atoms with Gasteiger partial charge in [-0.25, -0.2) is 9.59 Å². The number of anilines is 1. The molecule has 5 bridgehead atoms. The first kappa shape index (κ1) is 20.1. The first-order chi connectivity index (χ1) is 15.9. The van der Waals surface area contributed by atoms with Gasteiger partial charge in [-0.15, -0.1) is 0 Å². The number of carbonyl (C=O) groups is 2. The number of rotatable bonds is 2. The molecule has 5 aliphatic heterocycles. The third-order valence-electron chi connectivity index (χ3n) is 10.0. The monoisotopic (exact) mass is 456 g/mol.